The summed E-state index contributed by atoms with van der Waals surface area (Å²) in [6, 6.07) is 10.6. The van der Waals surface area contributed by atoms with Gasteiger partial charge in [-0.25, -0.2) is 4.79 Å². The molecule has 0 fully saturated rings. The molecule has 0 unspecified atom stereocenters. The van der Waals surface area contributed by atoms with Crippen LogP contribution in [-0.2, 0) is 11.2 Å². The summed E-state index contributed by atoms with van der Waals surface area (Å²) in [5, 5.41) is 36.0. The zero-order valence-corrected chi connectivity index (χ0v) is 12.8. The molecule has 3 rings (SSSR count). The summed E-state index contributed by atoms with van der Waals surface area (Å²) in [6.07, 6.45) is -0.0206. The van der Waals surface area contributed by atoms with Gasteiger partial charge in [0, 0.05) is 5.39 Å². The number of phenols is 1. The number of aromatic amines is 1. The first-order valence-corrected chi connectivity index (χ1v) is 7.25. The molecule has 0 saturated heterocycles. The molecule has 1 heterocycles. The van der Waals surface area contributed by atoms with Crippen molar-refractivity contribution >= 4 is 28.5 Å². The number of amides is 1. The molecule has 0 bridgehead atoms. The second kappa shape index (κ2) is 6.44. The van der Waals surface area contributed by atoms with Gasteiger partial charge in [-0.2, -0.15) is 0 Å². The minimum atomic E-state index is -1.15. The van der Waals surface area contributed by atoms with Crippen LogP contribution in [0.4, 0.5) is 5.69 Å². The summed E-state index contributed by atoms with van der Waals surface area (Å²) >= 11 is 0. The van der Waals surface area contributed by atoms with Crippen molar-refractivity contribution in [1.29, 1.82) is 0 Å². The highest BCUT2D eigenvalue weighted by Crippen LogP contribution is 2.36. The van der Waals surface area contributed by atoms with Gasteiger partial charge in [0.2, 0.25) is 5.88 Å². The van der Waals surface area contributed by atoms with Gasteiger partial charge in [-0.3, -0.25) is 4.79 Å². The second-order valence-corrected chi connectivity index (χ2v) is 5.29. The van der Waals surface area contributed by atoms with Crippen LogP contribution in [-0.4, -0.2) is 32.2 Å². The lowest BCUT2D eigenvalue weighted by molar-refractivity contribution is -0.117. The van der Waals surface area contributed by atoms with Gasteiger partial charge in [0.05, 0.1) is 17.5 Å². The number of aromatic nitrogens is 1. The number of para-hydroxylation sites is 1. The number of nitrogens with one attached hydrogen (secondary N) is 1. The van der Waals surface area contributed by atoms with Crippen molar-refractivity contribution in [3.05, 3.63) is 53.6 Å². The van der Waals surface area contributed by atoms with E-state index in [1.165, 1.54) is 24.3 Å². The Morgan fingerprint density at radius 2 is 1.76 bits per heavy atom. The molecular formula is C17H13N3O5. The van der Waals surface area contributed by atoms with Crippen molar-refractivity contribution in [3.63, 3.8) is 0 Å². The Morgan fingerprint density at radius 1 is 1.04 bits per heavy atom. The Bertz CT molecular complexity index is 989. The normalized spacial score (nSPS) is 11.2. The molecule has 8 nitrogen and oxygen atoms in total. The Balaban J connectivity index is 1.87. The number of phenolic OH excluding ortho intramolecular Hbond substituents is 1. The summed E-state index contributed by atoms with van der Waals surface area (Å²) in [7, 11) is 0. The number of aromatic hydroxyl groups is 2. The molecule has 1 amide bonds. The van der Waals surface area contributed by atoms with Crippen molar-refractivity contribution in [1.82, 2.24) is 4.98 Å². The van der Waals surface area contributed by atoms with E-state index in [-0.39, 0.29) is 34.8 Å². The molecule has 0 spiro atoms. The lowest BCUT2D eigenvalue weighted by atomic mass is 10.1. The molecule has 0 aliphatic heterocycles. The number of azo groups is 1. The first-order valence-electron chi connectivity index (χ1n) is 7.25. The average molecular weight is 339 g/mol. The molecule has 0 saturated carbocycles. The number of hydrogen-bond acceptors (Lipinski definition) is 5. The number of carboxylic acids is 1. The number of carboxylic acid groups (broad SMARTS) is 1. The molecule has 0 aliphatic rings. The molecule has 3 aromatic rings. The molecule has 25 heavy (non-hydrogen) atoms. The van der Waals surface area contributed by atoms with Crippen molar-refractivity contribution < 1.29 is 24.9 Å². The third-order valence-electron chi connectivity index (χ3n) is 3.57. The number of carbonyl (C=O) groups excluding carboxylic acids is 1. The Labute approximate surface area is 141 Å². The maximum Gasteiger partial charge on any atom is 0.337 e. The lowest BCUT2D eigenvalue weighted by Crippen LogP contribution is -1.97. The summed E-state index contributed by atoms with van der Waals surface area (Å²) in [5.74, 6) is -1.98. The molecular weight excluding hydrogens is 326 g/mol. The van der Waals surface area contributed by atoms with Crippen LogP contribution >= 0.6 is 0 Å². The van der Waals surface area contributed by atoms with E-state index in [2.05, 4.69) is 15.2 Å². The van der Waals surface area contributed by atoms with E-state index in [1.807, 2.05) is 0 Å². The summed E-state index contributed by atoms with van der Waals surface area (Å²) in [4.78, 5) is 25.6. The number of benzene rings is 2. The van der Waals surface area contributed by atoms with E-state index < -0.39 is 11.9 Å². The molecule has 126 valence electrons. The minimum absolute atomic E-state index is 0.00263. The molecule has 8 heteroatoms. The number of hydrogen-bond donors (Lipinski definition) is 4. The van der Waals surface area contributed by atoms with E-state index in [4.69, 9.17) is 5.11 Å². The van der Waals surface area contributed by atoms with Crippen molar-refractivity contribution in [2.24, 2.45) is 10.2 Å². The molecule has 4 N–H and O–H groups in total. The molecule has 0 radical (unpaired) electrons. The number of H-pyrrole nitrogens is 1. The molecule has 1 aromatic heterocycles. The van der Waals surface area contributed by atoms with Crippen LogP contribution in [0.15, 0.2) is 52.7 Å². The summed E-state index contributed by atoms with van der Waals surface area (Å²) in [6.45, 7) is 0. The predicted octanol–water partition coefficient (Wildman–Crippen LogP) is 3.13. The molecule has 2 aromatic carbocycles. The third kappa shape index (κ3) is 3.32. The second-order valence-electron chi connectivity index (χ2n) is 5.29. The van der Waals surface area contributed by atoms with E-state index in [0.717, 1.165) is 0 Å². The standard InChI is InChI=1S/C17H13N3O5/c21-10-6-4-9(5-7-10)8-13(22)19-20-15-11-2-1-3-12(17(24)25)14(11)18-16(15)23/h1-7,18,21,23H,8H2,(H,24,25). The van der Waals surface area contributed by atoms with Gasteiger partial charge in [-0.05, 0) is 23.8 Å². The Kier molecular flexibility index (Phi) is 4.17. The highest BCUT2D eigenvalue weighted by atomic mass is 16.4. The van der Waals surface area contributed by atoms with Crippen LogP contribution in [0.1, 0.15) is 15.9 Å². The third-order valence-corrected chi connectivity index (χ3v) is 3.57. The number of aromatic carboxylic acids is 1. The molecule has 0 aliphatic carbocycles. The number of carbonyl (C=O) groups is 2. The van der Waals surface area contributed by atoms with E-state index in [9.17, 15) is 19.8 Å². The van der Waals surface area contributed by atoms with Crippen LogP contribution in [0.2, 0.25) is 0 Å². The highest BCUT2D eigenvalue weighted by molar-refractivity contribution is 6.06. The predicted molar refractivity (Wildman–Crippen MR) is 88.3 cm³/mol. The Hall–Kier alpha value is -3.68. The van der Waals surface area contributed by atoms with Crippen LogP contribution in [0.25, 0.3) is 10.9 Å². The quantitative estimate of drug-likeness (QED) is 0.541. The van der Waals surface area contributed by atoms with E-state index >= 15 is 0 Å². The fourth-order valence-corrected chi connectivity index (χ4v) is 2.40. The van der Waals surface area contributed by atoms with Gasteiger partial charge >= 0.3 is 5.97 Å². The highest BCUT2D eigenvalue weighted by Gasteiger charge is 2.16. The van der Waals surface area contributed by atoms with Gasteiger partial charge in [0.1, 0.15) is 5.75 Å². The van der Waals surface area contributed by atoms with Crippen LogP contribution in [0, 0.1) is 0 Å². The smallest absolute Gasteiger partial charge is 0.337 e. The SMILES string of the molecule is O=C(Cc1ccc(O)cc1)N=Nc1c(O)[nH]c2c(C(=O)O)cccc12. The molecule has 0 atom stereocenters. The minimum Gasteiger partial charge on any atom is -0.508 e. The van der Waals surface area contributed by atoms with Crippen LogP contribution < -0.4 is 0 Å². The first-order chi connectivity index (χ1) is 12.0. The fourth-order valence-electron chi connectivity index (χ4n) is 2.40. The van der Waals surface area contributed by atoms with Crippen molar-refractivity contribution in [3.8, 4) is 11.6 Å². The fraction of sp³-hybridized carbons (Fsp3) is 0.0588. The monoisotopic (exact) mass is 339 g/mol. The van der Waals surface area contributed by atoms with Crippen molar-refractivity contribution in [2.45, 2.75) is 6.42 Å². The summed E-state index contributed by atoms with van der Waals surface area (Å²) in [5.41, 5.74) is 0.826. The van der Waals surface area contributed by atoms with E-state index in [0.29, 0.717) is 10.9 Å². The van der Waals surface area contributed by atoms with Crippen LogP contribution in [0.5, 0.6) is 11.6 Å². The van der Waals surface area contributed by atoms with E-state index in [1.54, 1.807) is 18.2 Å². The number of rotatable bonds is 4. The maximum atomic E-state index is 11.9. The zero-order valence-electron chi connectivity index (χ0n) is 12.8. The van der Waals surface area contributed by atoms with Crippen molar-refractivity contribution in [2.75, 3.05) is 0 Å². The largest absolute Gasteiger partial charge is 0.508 e. The summed E-state index contributed by atoms with van der Waals surface area (Å²) < 4.78 is 0. The van der Waals surface area contributed by atoms with Gasteiger partial charge in [0.25, 0.3) is 5.91 Å². The van der Waals surface area contributed by atoms with Gasteiger partial charge < -0.3 is 20.3 Å². The van der Waals surface area contributed by atoms with Gasteiger partial charge in [0.15, 0.2) is 5.69 Å². The average Bonchev–Trinajstić information content (AvgIpc) is 2.90. The Morgan fingerprint density at radius 3 is 2.44 bits per heavy atom. The zero-order chi connectivity index (χ0) is 18.0. The van der Waals surface area contributed by atoms with Crippen LogP contribution in [0.3, 0.4) is 0 Å². The lowest BCUT2D eigenvalue weighted by Gasteiger charge is -1.97. The maximum absolute atomic E-state index is 11.9. The topological polar surface area (TPSA) is 135 Å². The number of fused-ring (bicyclic) bond motifs is 1. The number of nitrogens with zero attached hydrogens (tertiary/aromatic N) is 2. The van der Waals surface area contributed by atoms with Gasteiger partial charge in [-0.1, -0.05) is 24.3 Å². The van der Waals surface area contributed by atoms with Gasteiger partial charge in [-0.15, -0.1) is 10.2 Å². The first kappa shape index (κ1) is 16.2.